The van der Waals surface area contributed by atoms with Crippen LogP contribution in [0.5, 0.6) is 0 Å². The number of nitrogens with one attached hydrogen (secondary N) is 1. The lowest BCUT2D eigenvalue weighted by molar-refractivity contribution is -0.121. The van der Waals surface area contributed by atoms with Gasteiger partial charge in [-0.25, -0.2) is 13.8 Å². The molecule has 1 aromatic carbocycles. The zero-order valence-electron chi connectivity index (χ0n) is 10.7. The molecule has 7 heteroatoms. The Balaban J connectivity index is 2.01. The van der Waals surface area contributed by atoms with Gasteiger partial charge in [0, 0.05) is 10.9 Å². The highest BCUT2D eigenvalue weighted by atomic mass is 32.1. The molecule has 106 valence electrons. The van der Waals surface area contributed by atoms with Crippen molar-refractivity contribution in [3.63, 3.8) is 0 Å². The van der Waals surface area contributed by atoms with Gasteiger partial charge in [0.1, 0.15) is 11.6 Å². The molecule has 0 fully saturated rings. The van der Waals surface area contributed by atoms with Gasteiger partial charge in [0.2, 0.25) is 5.91 Å². The van der Waals surface area contributed by atoms with Gasteiger partial charge >= 0.3 is 0 Å². The van der Waals surface area contributed by atoms with Crippen molar-refractivity contribution in [3.05, 3.63) is 46.5 Å². The predicted octanol–water partition coefficient (Wildman–Crippen LogP) is 2.42. The molecule has 1 aromatic heterocycles. The number of thiazole rings is 1. The van der Waals surface area contributed by atoms with Gasteiger partial charge < -0.3 is 11.1 Å². The molecule has 2 rings (SSSR count). The normalized spacial score (nSPS) is 12.2. The Bertz CT molecular complexity index is 630. The zero-order valence-corrected chi connectivity index (χ0v) is 11.5. The van der Waals surface area contributed by atoms with Gasteiger partial charge in [-0.1, -0.05) is 0 Å². The summed E-state index contributed by atoms with van der Waals surface area (Å²) in [4.78, 5) is 15.8. The number of amides is 1. The molecule has 1 unspecified atom stereocenters. The van der Waals surface area contributed by atoms with Gasteiger partial charge in [0.05, 0.1) is 18.2 Å². The SMILES string of the molecule is CC(NC(=O)Cc1csc(N)n1)c1cc(F)ccc1F. The highest BCUT2D eigenvalue weighted by Gasteiger charge is 2.15. The molecule has 1 amide bonds. The number of rotatable bonds is 4. The van der Waals surface area contributed by atoms with Crippen LogP contribution in [-0.2, 0) is 11.2 Å². The third kappa shape index (κ3) is 3.51. The molecule has 3 N–H and O–H groups in total. The maximum atomic E-state index is 13.6. The van der Waals surface area contributed by atoms with Crippen molar-refractivity contribution in [1.82, 2.24) is 10.3 Å². The number of nitrogen functional groups attached to an aromatic ring is 1. The standard InChI is InChI=1S/C13H13F2N3OS/c1-7(10-4-8(14)2-3-11(10)15)17-12(19)5-9-6-20-13(16)18-9/h2-4,6-7H,5H2,1H3,(H2,16,18)(H,17,19). The number of nitrogens with two attached hydrogens (primary N) is 1. The van der Waals surface area contributed by atoms with Gasteiger partial charge in [0.15, 0.2) is 5.13 Å². The van der Waals surface area contributed by atoms with Crippen LogP contribution in [-0.4, -0.2) is 10.9 Å². The van der Waals surface area contributed by atoms with Crippen LogP contribution in [0.3, 0.4) is 0 Å². The molecule has 0 spiro atoms. The number of aromatic nitrogens is 1. The van der Waals surface area contributed by atoms with E-state index >= 15 is 0 Å². The molecule has 20 heavy (non-hydrogen) atoms. The van der Waals surface area contributed by atoms with Crippen molar-refractivity contribution in [3.8, 4) is 0 Å². The molecule has 1 atom stereocenters. The van der Waals surface area contributed by atoms with E-state index in [4.69, 9.17) is 5.73 Å². The minimum atomic E-state index is -0.630. The lowest BCUT2D eigenvalue weighted by atomic mass is 10.1. The Morgan fingerprint density at radius 1 is 1.50 bits per heavy atom. The highest BCUT2D eigenvalue weighted by molar-refractivity contribution is 7.13. The molecule has 0 aliphatic carbocycles. The number of hydrogen-bond donors (Lipinski definition) is 2. The Morgan fingerprint density at radius 3 is 2.90 bits per heavy atom. The fourth-order valence-corrected chi connectivity index (χ4v) is 2.35. The molecular weight excluding hydrogens is 284 g/mol. The number of benzene rings is 1. The Morgan fingerprint density at radius 2 is 2.25 bits per heavy atom. The number of hydrogen-bond acceptors (Lipinski definition) is 4. The fraction of sp³-hybridized carbons (Fsp3) is 0.231. The first kappa shape index (κ1) is 14.4. The Labute approximate surface area is 118 Å². The van der Waals surface area contributed by atoms with E-state index in [2.05, 4.69) is 10.3 Å². The van der Waals surface area contributed by atoms with Crippen LogP contribution < -0.4 is 11.1 Å². The van der Waals surface area contributed by atoms with Crippen molar-refractivity contribution in [2.24, 2.45) is 0 Å². The summed E-state index contributed by atoms with van der Waals surface area (Å²) >= 11 is 1.24. The summed E-state index contributed by atoms with van der Waals surface area (Å²) in [6.07, 6.45) is 0.0506. The van der Waals surface area contributed by atoms with E-state index in [0.29, 0.717) is 10.8 Å². The molecule has 0 aliphatic rings. The van der Waals surface area contributed by atoms with Crippen LogP contribution in [0.25, 0.3) is 0 Å². The molecule has 0 saturated heterocycles. The monoisotopic (exact) mass is 297 g/mol. The van der Waals surface area contributed by atoms with Crippen molar-refractivity contribution < 1.29 is 13.6 Å². The van der Waals surface area contributed by atoms with Gasteiger partial charge in [0.25, 0.3) is 0 Å². The average molecular weight is 297 g/mol. The lowest BCUT2D eigenvalue weighted by Crippen LogP contribution is -2.28. The molecule has 0 bridgehead atoms. The first-order valence-corrected chi connectivity index (χ1v) is 6.78. The molecule has 0 radical (unpaired) electrons. The van der Waals surface area contributed by atoms with E-state index in [1.807, 2.05) is 0 Å². The first-order valence-electron chi connectivity index (χ1n) is 5.90. The number of carbonyl (C=O) groups is 1. The third-order valence-electron chi connectivity index (χ3n) is 2.71. The number of nitrogens with zero attached hydrogens (tertiary/aromatic N) is 1. The van der Waals surface area contributed by atoms with Crippen LogP contribution in [0.1, 0.15) is 24.2 Å². The van der Waals surface area contributed by atoms with E-state index in [1.165, 1.54) is 11.3 Å². The van der Waals surface area contributed by atoms with Gasteiger partial charge in [-0.3, -0.25) is 4.79 Å². The topological polar surface area (TPSA) is 68.0 Å². The van der Waals surface area contributed by atoms with Crippen LogP contribution in [0, 0.1) is 11.6 Å². The maximum Gasteiger partial charge on any atom is 0.226 e. The summed E-state index contributed by atoms with van der Waals surface area (Å²) in [5.41, 5.74) is 6.13. The van der Waals surface area contributed by atoms with E-state index in [-0.39, 0.29) is 17.9 Å². The summed E-state index contributed by atoms with van der Waals surface area (Å²) in [6, 6.07) is 2.51. The van der Waals surface area contributed by atoms with Gasteiger partial charge in [-0.15, -0.1) is 11.3 Å². The average Bonchev–Trinajstić information content (AvgIpc) is 2.77. The quantitative estimate of drug-likeness (QED) is 0.910. The van der Waals surface area contributed by atoms with Gasteiger partial charge in [-0.05, 0) is 25.1 Å². The van der Waals surface area contributed by atoms with Crippen molar-refractivity contribution in [1.29, 1.82) is 0 Å². The Kier molecular flexibility index (Phi) is 4.29. The maximum absolute atomic E-state index is 13.6. The largest absolute Gasteiger partial charge is 0.375 e. The zero-order chi connectivity index (χ0) is 14.7. The molecule has 4 nitrogen and oxygen atoms in total. The summed E-state index contributed by atoms with van der Waals surface area (Å²) in [5, 5.41) is 4.67. The lowest BCUT2D eigenvalue weighted by Gasteiger charge is -2.14. The summed E-state index contributed by atoms with van der Waals surface area (Å²) in [7, 11) is 0. The molecule has 0 aliphatic heterocycles. The Hall–Kier alpha value is -2.02. The van der Waals surface area contributed by atoms with E-state index < -0.39 is 17.7 Å². The van der Waals surface area contributed by atoms with Crippen molar-refractivity contribution >= 4 is 22.4 Å². The van der Waals surface area contributed by atoms with E-state index in [9.17, 15) is 13.6 Å². The molecule has 0 saturated carbocycles. The van der Waals surface area contributed by atoms with Crippen LogP contribution in [0.15, 0.2) is 23.6 Å². The first-order chi connectivity index (χ1) is 9.45. The summed E-state index contributed by atoms with van der Waals surface area (Å²) < 4.78 is 26.6. The second-order valence-corrected chi connectivity index (χ2v) is 5.20. The fourth-order valence-electron chi connectivity index (χ4n) is 1.79. The van der Waals surface area contributed by atoms with Crippen molar-refractivity contribution in [2.75, 3.05) is 5.73 Å². The number of anilines is 1. The van der Waals surface area contributed by atoms with E-state index in [0.717, 1.165) is 18.2 Å². The van der Waals surface area contributed by atoms with Crippen LogP contribution >= 0.6 is 11.3 Å². The van der Waals surface area contributed by atoms with E-state index in [1.54, 1.807) is 12.3 Å². The second-order valence-electron chi connectivity index (χ2n) is 4.31. The highest BCUT2D eigenvalue weighted by Crippen LogP contribution is 2.18. The smallest absolute Gasteiger partial charge is 0.226 e. The van der Waals surface area contributed by atoms with Crippen molar-refractivity contribution in [2.45, 2.75) is 19.4 Å². The number of carbonyl (C=O) groups excluding carboxylic acids is 1. The number of halogens is 2. The van der Waals surface area contributed by atoms with Gasteiger partial charge in [-0.2, -0.15) is 0 Å². The van der Waals surface area contributed by atoms with Crippen LogP contribution in [0.2, 0.25) is 0 Å². The molecule has 2 aromatic rings. The summed E-state index contributed by atoms with van der Waals surface area (Å²) in [5.74, 6) is -1.43. The minimum absolute atomic E-state index is 0.0506. The third-order valence-corrected chi connectivity index (χ3v) is 3.44. The minimum Gasteiger partial charge on any atom is -0.375 e. The second kappa shape index (κ2) is 5.96. The van der Waals surface area contributed by atoms with Crippen LogP contribution in [0.4, 0.5) is 13.9 Å². The summed E-state index contributed by atoms with van der Waals surface area (Å²) in [6.45, 7) is 1.59. The predicted molar refractivity (Wildman–Crippen MR) is 73.1 cm³/mol. The molecular formula is C13H13F2N3OS. The molecule has 1 heterocycles.